The van der Waals surface area contributed by atoms with Gasteiger partial charge in [-0.25, -0.2) is 0 Å². The second-order valence-electron chi connectivity index (χ2n) is 10.5. The van der Waals surface area contributed by atoms with Gasteiger partial charge in [-0.3, -0.25) is 14.5 Å². The predicted octanol–water partition coefficient (Wildman–Crippen LogP) is 5.79. The average molecular weight is 564 g/mol. The van der Waals surface area contributed by atoms with Crippen molar-refractivity contribution in [3.05, 3.63) is 143 Å². The Hall–Kier alpha value is -4.14. The molecule has 0 saturated carbocycles. The molecule has 42 heavy (non-hydrogen) atoms. The lowest BCUT2D eigenvalue weighted by atomic mass is 9.98. The first kappa shape index (κ1) is 28.0. The number of amides is 2. The van der Waals surface area contributed by atoms with Crippen molar-refractivity contribution < 1.29 is 28.5 Å². The van der Waals surface area contributed by atoms with E-state index < -0.39 is 18.4 Å². The molecule has 4 atom stereocenters. The summed E-state index contributed by atoms with van der Waals surface area (Å²) in [6, 6.07) is 35.6. The molecule has 2 unspecified atom stereocenters. The number of hydrogen-bond acceptors (Lipinski definition) is 6. The van der Waals surface area contributed by atoms with Crippen LogP contribution in [0.15, 0.2) is 115 Å². The molecule has 2 amide bonds. The molecule has 0 bridgehead atoms. The van der Waals surface area contributed by atoms with E-state index in [4.69, 9.17) is 18.9 Å². The van der Waals surface area contributed by atoms with Gasteiger partial charge in [0.1, 0.15) is 6.04 Å². The number of imide groups is 1. The molecule has 2 aliphatic heterocycles. The number of ether oxygens (including phenoxy) is 4. The molecule has 0 radical (unpaired) electrons. The fraction of sp³-hybridized carbons (Fsp3) is 0.257. The van der Waals surface area contributed by atoms with Crippen LogP contribution in [0.25, 0.3) is 0 Å². The van der Waals surface area contributed by atoms with E-state index in [9.17, 15) is 9.59 Å². The third-order valence-corrected chi connectivity index (χ3v) is 7.58. The first-order chi connectivity index (χ1) is 20.7. The first-order valence-corrected chi connectivity index (χ1v) is 14.2. The maximum absolute atomic E-state index is 13.7. The molecule has 6 rings (SSSR count). The van der Waals surface area contributed by atoms with Gasteiger partial charge in [0.2, 0.25) is 0 Å². The summed E-state index contributed by atoms with van der Waals surface area (Å²) in [5, 5.41) is 0. The quantitative estimate of drug-likeness (QED) is 0.215. The fourth-order valence-corrected chi connectivity index (χ4v) is 5.49. The van der Waals surface area contributed by atoms with Crippen LogP contribution < -0.4 is 0 Å². The molecule has 214 valence electrons. The van der Waals surface area contributed by atoms with E-state index in [0.717, 1.165) is 16.7 Å². The van der Waals surface area contributed by atoms with Gasteiger partial charge in [-0.15, -0.1) is 0 Å². The van der Waals surface area contributed by atoms with Crippen molar-refractivity contribution in [1.82, 2.24) is 4.90 Å². The lowest BCUT2D eigenvalue weighted by Gasteiger charge is -2.44. The Labute approximate surface area is 245 Å². The number of hydrogen-bond donors (Lipinski definition) is 0. The summed E-state index contributed by atoms with van der Waals surface area (Å²) >= 11 is 0. The van der Waals surface area contributed by atoms with Crippen LogP contribution in [0.1, 0.15) is 43.8 Å². The van der Waals surface area contributed by atoms with E-state index >= 15 is 0 Å². The van der Waals surface area contributed by atoms with E-state index in [1.54, 1.807) is 24.3 Å². The Morgan fingerprint density at radius 3 is 1.64 bits per heavy atom. The summed E-state index contributed by atoms with van der Waals surface area (Å²) < 4.78 is 25.4. The maximum atomic E-state index is 13.7. The van der Waals surface area contributed by atoms with Gasteiger partial charge in [-0.05, 0) is 28.8 Å². The van der Waals surface area contributed by atoms with Crippen molar-refractivity contribution in [2.24, 2.45) is 0 Å². The Kier molecular flexibility index (Phi) is 8.82. The van der Waals surface area contributed by atoms with Crippen molar-refractivity contribution in [2.45, 2.75) is 50.8 Å². The summed E-state index contributed by atoms with van der Waals surface area (Å²) in [5.41, 5.74) is 3.75. The summed E-state index contributed by atoms with van der Waals surface area (Å²) in [6.45, 7) is 1.30. The van der Waals surface area contributed by atoms with E-state index in [-0.39, 0.29) is 24.5 Å². The van der Waals surface area contributed by atoms with Gasteiger partial charge in [-0.1, -0.05) is 103 Å². The van der Waals surface area contributed by atoms with Crippen LogP contribution in [0.5, 0.6) is 0 Å². The lowest BCUT2D eigenvalue weighted by molar-refractivity contribution is -0.261. The summed E-state index contributed by atoms with van der Waals surface area (Å²) in [6.07, 6.45) is -1.42. The van der Waals surface area contributed by atoms with Gasteiger partial charge < -0.3 is 18.9 Å². The van der Waals surface area contributed by atoms with Gasteiger partial charge in [0, 0.05) is 6.42 Å². The minimum Gasteiger partial charge on any atom is -0.374 e. The normalized spacial score (nSPS) is 21.9. The molecule has 0 aromatic heterocycles. The standard InChI is InChI=1S/C35H33NO6/c37-33-29-18-10-11-19-30(29)34(38)36(33)32-31(40-22-26-14-6-2-7-15-26)20-28(24-39-21-25-12-4-1-5-13-25)42-35(32)41-23-27-16-8-3-9-17-27/h1-19,28,31-32,35H,20-24H2/t28?,31-,32?,35-/m1/s1. The van der Waals surface area contributed by atoms with Crippen molar-refractivity contribution >= 4 is 11.8 Å². The zero-order valence-electron chi connectivity index (χ0n) is 23.2. The second-order valence-corrected chi connectivity index (χ2v) is 10.5. The van der Waals surface area contributed by atoms with Crippen molar-refractivity contribution in [1.29, 1.82) is 0 Å². The zero-order valence-corrected chi connectivity index (χ0v) is 23.2. The highest BCUT2D eigenvalue weighted by atomic mass is 16.7. The van der Waals surface area contributed by atoms with Gasteiger partial charge >= 0.3 is 0 Å². The van der Waals surface area contributed by atoms with Crippen LogP contribution in [0.3, 0.4) is 0 Å². The number of rotatable bonds is 11. The monoisotopic (exact) mass is 563 g/mol. The molecule has 1 saturated heterocycles. The van der Waals surface area contributed by atoms with Gasteiger partial charge in [0.15, 0.2) is 6.29 Å². The average Bonchev–Trinajstić information content (AvgIpc) is 3.29. The van der Waals surface area contributed by atoms with E-state index in [1.165, 1.54) is 4.90 Å². The van der Waals surface area contributed by atoms with Crippen molar-refractivity contribution in [2.75, 3.05) is 6.61 Å². The highest BCUT2D eigenvalue weighted by Gasteiger charge is 2.51. The predicted molar refractivity (Wildman–Crippen MR) is 156 cm³/mol. The van der Waals surface area contributed by atoms with Gasteiger partial charge in [0.05, 0.1) is 49.8 Å². The zero-order chi connectivity index (χ0) is 28.7. The van der Waals surface area contributed by atoms with Crippen LogP contribution >= 0.6 is 0 Å². The van der Waals surface area contributed by atoms with E-state index in [2.05, 4.69) is 0 Å². The lowest BCUT2D eigenvalue weighted by Crippen LogP contribution is -2.60. The minimum atomic E-state index is -0.924. The van der Waals surface area contributed by atoms with Gasteiger partial charge in [0.25, 0.3) is 11.8 Å². The largest absolute Gasteiger partial charge is 0.374 e. The highest BCUT2D eigenvalue weighted by molar-refractivity contribution is 6.21. The minimum absolute atomic E-state index is 0.244. The second kappa shape index (κ2) is 13.2. The van der Waals surface area contributed by atoms with Crippen LogP contribution in [-0.4, -0.2) is 47.9 Å². The molecular weight excluding hydrogens is 530 g/mol. The smallest absolute Gasteiger partial charge is 0.262 e. The molecule has 7 heteroatoms. The molecule has 4 aromatic rings. The number of carbonyl (C=O) groups excluding carboxylic acids is 2. The third-order valence-electron chi connectivity index (χ3n) is 7.58. The van der Waals surface area contributed by atoms with E-state index in [1.807, 2.05) is 91.0 Å². The number of carbonyl (C=O) groups is 2. The molecule has 4 aromatic carbocycles. The molecular formula is C35H33NO6. The van der Waals surface area contributed by atoms with Crippen LogP contribution in [0.2, 0.25) is 0 Å². The van der Waals surface area contributed by atoms with Crippen molar-refractivity contribution in [3.8, 4) is 0 Å². The van der Waals surface area contributed by atoms with E-state index in [0.29, 0.717) is 37.4 Å². The topological polar surface area (TPSA) is 74.3 Å². The molecule has 7 nitrogen and oxygen atoms in total. The molecule has 0 aliphatic carbocycles. The van der Waals surface area contributed by atoms with Crippen LogP contribution in [-0.2, 0) is 38.8 Å². The molecule has 1 fully saturated rings. The molecule has 2 aliphatic rings. The Bertz CT molecular complexity index is 1390. The molecule has 0 spiro atoms. The summed E-state index contributed by atoms with van der Waals surface area (Å²) in [4.78, 5) is 28.6. The third kappa shape index (κ3) is 6.35. The summed E-state index contributed by atoms with van der Waals surface area (Å²) in [5.74, 6) is -0.741. The number of nitrogens with zero attached hydrogens (tertiary/aromatic N) is 1. The van der Waals surface area contributed by atoms with Crippen molar-refractivity contribution in [3.63, 3.8) is 0 Å². The number of fused-ring (bicyclic) bond motifs is 1. The molecule has 0 N–H and O–H groups in total. The van der Waals surface area contributed by atoms with Crippen LogP contribution in [0, 0.1) is 0 Å². The summed E-state index contributed by atoms with van der Waals surface area (Å²) in [7, 11) is 0. The van der Waals surface area contributed by atoms with Crippen LogP contribution in [0.4, 0.5) is 0 Å². The fourth-order valence-electron chi connectivity index (χ4n) is 5.49. The SMILES string of the molecule is O=C1c2ccccc2C(=O)N1C1[C@H](OCc2ccccc2)OC(COCc2ccccc2)C[C@H]1OCc1ccccc1. The Morgan fingerprint density at radius 2 is 1.10 bits per heavy atom. The first-order valence-electron chi connectivity index (χ1n) is 14.2. The van der Waals surface area contributed by atoms with Gasteiger partial charge in [-0.2, -0.15) is 0 Å². The Morgan fingerprint density at radius 1 is 0.619 bits per heavy atom. The Balaban J connectivity index is 1.27. The number of benzene rings is 4. The highest BCUT2D eigenvalue weighted by Crippen LogP contribution is 2.34. The maximum Gasteiger partial charge on any atom is 0.262 e. The molecule has 2 heterocycles.